The number of nitrogens with two attached hydrogens (primary N) is 1. The van der Waals surface area contributed by atoms with E-state index in [9.17, 15) is 4.79 Å². The second-order valence-corrected chi connectivity index (χ2v) is 4.96. The highest BCUT2D eigenvalue weighted by molar-refractivity contribution is 9.10. The van der Waals surface area contributed by atoms with Crippen molar-refractivity contribution < 1.29 is 4.79 Å². The molecule has 1 aromatic rings. The van der Waals surface area contributed by atoms with Crippen LogP contribution in [0.15, 0.2) is 16.7 Å². The van der Waals surface area contributed by atoms with E-state index in [4.69, 9.17) is 5.73 Å². The minimum atomic E-state index is -0.322. The van der Waals surface area contributed by atoms with Crippen molar-refractivity contribution in [2.75, 3.05) is 24.5 Å². The van der Waals surface area contributed by atoms with Crippen LogP contribution >= 0.6 is 15.9 Å². The molecule has 0 saturated carbocycles. The number of carbonyl (C=O) groups is 1. The number of carbonyl (C=O) groups excluding carboxylic acids is 1. The van der Waals surface area contributed by atoms with Crippen LogP contribution in [0.25, 0.3) is 0 Å². The topological polar surface area (TPSA) is 71.2 Å². The lowest BCUT2D eigenvalue weighted by Gasteiger charge is -2.35. The summed E-state index contributed by atoms with van der Waals surface area (Å²) in [7, 11) is 0. The summed E-state index contributed by atoms with van der Waals surface area (Å²) in [5.74, 6) is 0.482. The molecular formula is C11H15BrN4O. The molecule has 1 aromatic heterocycles. The first-order valence-electron chi connectivity index (χ1n) is 5.48. The highest BCUT2D eigenvalue weighted by Crippen LogP contribution is 2.22. The lowest BCUT2D eigenvalue weighted by molar-refractivity contribution is -0.119. The van der Waals surface area contributed by atoms with Gasteiger partial charge in [0.25, 0.3) is 0 Å². The van der Waals surface area contributed by atoms with Gasteiger partial charge in [0.15, 0.2) is 0 Å². The van der Waals surface area contributed by atoms with Gasteiger partial charge in [-0.1, -0.05) is 0 Å². The van der Waals surface area contributed by atoms with E-state index in [0.717, 1.165) is 28.9 Å². The molecule has 17 heavy (non-hydrogen) atoms. The Morgan fingerprint density at radius 2 is 2.47 bits per heavy atom. The maximum absolute atomic E-state index is 11.4. The molecule has 1 aliphatic rings. The molecule has 1 unspecified atom stereocenters. The first-order chi connectivity index (χ1) is 8.09. The molecule has 1 amide bonds. The standard InChI is InChI=1S/C11H15BrN4O/c1-7-4-10(15-5-8(7)12)16-3-2-14-6-9(16)11(13)17/h4-5,9,14H,2-3,6H2,1H3,(H2,13,17). The number of hydrogen-bond donors (Lipinski definition) is 2. The van der Waals surface area contributed by atoms with Crippen molar-refractivity contribution in [3.8, 4) is 0 Å². The number of piperazine rings is 1. The van der Waals surface area contributed by atoms with Gasteiger partial charge >= 0.3 is 0 Å². The normalized spacial score (nSPS) is 20.4. The van der Waals surface area contributed by atoms with Gasteiger partial charge in [0.05, 0.1) is 0 Å². The number of pyridine rings is 1. The van der Waals surface area contributed by atoms with Crippen LogP contribution in [0.2, 0.25) is 0 Å². The average molecular weight is 299 g/mol. The Kier molecular flexibility index (Phi) is 3.63. The third kappa shape index (κ3) is 2.58. The third-order valence-corrected chi connectivity index (χ3v) is 3.73. The van der Waals surface area contributed by atoms with Gasteiger partial charge in [0.1, 0.15) is 11.9 Å². The Morgan fingerprint density at radius 3 is 3.12 bits per heavy atom. The quantitative estimate of drug-likeness (QED) is 0.830. The number of rotatable bonds is 2. The van der Waals surface area contributed by atoms with Crippen LogP contribution in [0, 0.1) is 6.92 Å². The highest BCUT2D eigenvalue weighted by atomic mass is 79.9. The molecule has 0 aromatic carbocycles. The maximum atomic E-state index is 11.4. The first-order valence-corrected chi connectivity index (χ1v) is 6.27. The van der Waals surface area contributed by atoms with E-state index in [0.29, 0.717) is 6.54 Å². The molecule has 6 heteroatoms. The van der Waals surface area contributed by atoms with Crippen LogP contribution in [-0.4, -0.2) is 36.6 Å². The highest BCUT2D eigenvalue weighted by Gasteiger charge is 2.27. The van der Waals surface area contributed by atoms with Crippen LogP contribution in [0.1, 0.15) is 5.56 Å². The number of nitrogens with one attached hydrogen (secondary N) is 1. The predicted octanol–water partition coefficient (Wildman–Crippen LogP) is 0.416. The molecule has 1 atom stereocenters. The zero-order valence-corrected chi connectivity index (χ0v) is 11.2. The monoisotopic (exact) mass is 298 g/mol. The SMILES string of the molecule is Cc1cc(N2CCNCC2C(N)=O)ncc1Br. The molecule has 0 bridgehead atoms. The molecule has 0 spiro atoms. The third-order valence-electron chi connectivity index (χ3n) is 2.90. The van der Waals surface area contributed by atoms with Gasteiger partial charge in [-0.15, -0.1) is 0 Å². The van der Waals surface area contributed by atoms with E-state index >= 15 is 0 Å². The fraction of sp³-hybridized carbons (Fsp3) is 0.455. The summed E-state index contributed by atoms with van der Waals surface area (Å²) in [6, 6.07) is 1.64. The molecule has 92 valence electrons. The zero-order chi connectivity index (χ0) is 12.4. The van der Waals surface area contributed by atoms with E-state index in [1.807, 2.05) is 17.9 Å². The van der Waals surface area contributed by atoms with Crippen molar-refractivity contribution in [3.63, 3.8) is 0 Å². The Morgan fingerprint density at radius 1 is 1.71 bits per heavy atom. The lowest BCUT2D eigenvalue weighted by atomic mass is 10.1. The number of amides is 1. The van der Waals surface area contributed by atoms with Crippen LogP contribution < -0.4 is 16.0 Å². The molecule has 1 aliphatic heterocycles. The second-order valence-electron chi connectivity index (χ2n) is 4.11. The van der Waals surface area contributed by atoms with Gasteiger partial charge in [-0.2, -0.15) is 0 Å². The fourth-order valence-electron chi connectivity index (χ4n) is 1.91. The van der Waals surface area contributed by atoms with Gasteiger partial charge in [0, 0.05) is 30.3 Å². The van der Waals surface area contributed by atoms with Crippen molar-refractivity contribution in [3.05, 3.63) is 22.3 Å². The minimum absolute atomic E-state index is 0.320. The molecule has 5 nitrogen and oxygen atoms in total. The molecule has 2 rings (SSSR count). The van der Waals surface area contributed by atoms with Gasteiger partial charge < -0.3 is 16.0 Å². The van der Waals surface area contributed by atoms with E-state index in [1.165, 1.54) is 0 Å². The number of primary amides is 1. The van der Waals surface area contributed by atoms with Crippen molar-refractivity contribution in [2.24, 2.45) is 5.73 Å². The molecule has 0 radical (unpaired) electrons. The molecular weight excluding hydrogens is 284 g/mol. The van der Waals surface area contributed by atoms with Crippen LogP contribution in [0.5, 0.6) is 0 Å². The Bertz CT molecular complexity index is 437. The number of nitrogens with zero attached hydrogens (tertiary/aromatic N) is 2. The smallest absolute Gasteiger partial charge is 0.241 e. The Balaban J connectivity index is 2.29. The molecule has 3 N–H and O–H groups in total. The number of aryl methyl sites for hydroxylation is 1. The number of aromatic nitrogens is 1. The summed E-state index contributed by atoms with van der Waals surface area (Å²) in [6.45, 7) is 4.14. The molecule has 0 aliphatic carbocycles. The largest absolute Gasteiger partial charge is 0.368 e. The van der Waals surface area contributed by atoms with Crippen molar-refractivity contribution in [2.45, 2.75) is 13.0 Å². The van der Waals surface area contributed by atoms with Crippen molar-refractivity contribution >= 4 is 27.7 Å². The van der Waals surface area contributed by atoms with Crippen LogP contribution in [0.4, 0.5) is 5.82 Å². The summed E-state index contributed by atoms with van der Waals surface area (Å²) in [5.41, 5.74) is 6.50. The van der Waals surface area contributed by atoms with Gasteiger partial charge in [-0.25, -0.2) is 4.98 Å². The van der Waals surface area contributed by atoms with E-state index in [1.54, 1.807) is 6.20 Å². The van der Waals surface area contributed by atoms with Gasteiger partial charge in [-0.05, 0) is 34.5 Å². The summed E-state index contributed by atoms with van der Waals surface area (Å²) in [5, 5.41) is 3.16. The van der Waals surface area contributed by atoms with Gasteiger partial charge in [0.2, 0.25) is 5.91 Å². The molecule has 1 fully saturated rings. The van der Waals surface area contributed by atoms with Crippen LogP contribution in [-0.2, 0) is 4.79 Å². The maximum Gasteiger partial charge on any atom is 0.241 e. The number of hydrogen-bond acceptors (Lipinski definition) is 4. The lowest BCUT2D eigenvalue weighted by Crippen LogP contribution is -2.57. The average Bonchev–Trinajstić information content (AvgIpc) is 2.32. The van der Waals surface area contributed by atoms with E-state index in [-0.39, 0.29) is 11.9 Å². The van der Waals surface area contributed by atoms with Gasteiger partial charge in [-0.3, -0.25) is 4.79 Å². The Labute approximate surface area is 109 Å². The van der Waals surface area contributed by atoms with E-state index < -0.39 is 0 Å². The minimum Gasteiger partial charge on any atom is -0.368 e. The fourth-order valence-corrected chi connectivity index (χ4v) is 2.13. The molecule has 2 heterocycles. The van der Waals surface area contributed by atoms with E-state index in [2.05, 4.69) is 26.2 Å². The summed E-state index contributed by atoms with van der Waals surface area (Å²) in [4.78, 5) is 17.7. The Hall–Kier alpha value is -1.14. The van der Waals surface area contributed by atoms with Crippen molar-refractivity contribution in [1.82, 2.24) is 10.3 Å². The summed E-state index contributed by atoms with van der Waals surface area (Å²) >= 11 is 3.41. The second kappa shape index (κ2) is 5.01. The number of halogens is 1. The van der Waals surface area contributed by atoms with Crippen molar-refractivity contribution in [1.29, 1.82) is 0 Å². The predicted molar refractivity (Wildman–Crippen MR) is 69.9 cm³/mol. The van der Waals surface area contributed by atoms with Crippen LogP contribution in [0.3, 0.4) is 0 Å². The first kappa shape index (κ1) is 12.3. The summed E-state index contributed by atoms with van der Waals surface area (Å²) in [6.07, 6.45) is 1.75. The number of anilines is 1. The summed E-state index contributed by atoms with van der Waals surface area (Å²) < 4.78 is 0.965. The molecule has 1 saturated heterocycles. The zero-order valence-electron chi connectivity index (χ0n) is 9.61.